The summed E-state index contributed by atoms with van der Waals surface area (Å²) in [4.78, 5) is 3.60. The molecule has 0 aliphatic heterocycles. The number of benzene rings is 2. The zero-order valence-electron chi connectivity index (χ0n) is 15.3. The van der Waals surface area contributed by atoms with Crippen LogP contribution in [-0.4, -0.2) is 26.0 Å². The summed E-state index contributed by atoms with van der Waals surface area (Å²) in [5.41, 5.74) is 2.30. The summed E-state index contributed by atoms with van der Waals surface area (Å²) < 4.78 is 79.0. The van der Waals surface area contributed by atoms with Crippen molar-refractivity contribution in [1.82, 2.24) is 4.98 Å². The van der Waals surface area contributed by atoms with Gasteiger partial charge in [-0.1, -0.05) is 12.1 Å². The predicted molar refractivity (Wildman–Crippen MR) is 99.6 cm³/mol. The number of alkyl halides is 3. The van der Waals surface area contributed by atoms with Crippen LogP contribution in [0.25, 0.3) is 22.3 Å². The van der Waals surface area contributed by atoms with E-state index >= 15 is 0 Å². The summed E-state index contributed by atoms with van der Waals surface area (Å²) in [7, 11) is -3.72. The van der Waals surface area contributed by atoms with E-state index in [1.807, 2.05) is 0 Å². The van der Waals surface area contributed by atoms with Gasteiger partial charge in [0.2, 0.25) is 0 Å². The Kier molecular flexibility index (Phi) is 5.36. The lowest BCUT2D eigenvalue weighted by Crippen LogP contribution is -2.17. The van der Waals surface area contributed by atoms with Gasteiger partial charge in [0.1, 0.15) is 16.5 Å². The molecule has 4 nitrogen and oxygen atoms in total. The Labute approximate surface area is 164 Å². The van der Waals surface area contributed by atoms with Crippen molar-refractivity contribution in [3.05, 3.63) is 66.2 Å². The molecule has 1 aromatic heterocycles. The molecule has 0 radical (unpaired) electrons. The smallest absolute Gasteiger partial charge is 0.406 e. The zero-order valence-corrected chi connectivity index (χ0v) is 16.1. The molecule has 3 aromatic rings. The van der Waals surface area contributed by atoms with Gasteiger partial charge in [-0.25, -0.2) is 12.8 Å². The van der Waals surface area contributed by atoms with E-state index in [9.17, 15) is 26.0 Å². The van der Waals surface area contributed by atoms with Crippen molar-refractivity contribution in [2.24, 2.45) is 0 Å². The molecule has 1 heterocycles. The molecule has 0 spiro atoms. The number of hydrogen-bond acceptors (Lipinski definition) is 4. The van der Waals surface area contributed by atoms with Gasteiger partial charge in [-0.15, -0.1) is 13.2 Å². The first kappa shape index (κ1) is 20.8. The van der Waals surface area contributed by atoms with Crippen LogP contribution in [0.1, 0.15) is 5.56 Å². The van der Waals surface area contributed by atoms with E-state index < -0.39 is 26.9 Å². The van der Waals surface area contributed by atoms with Gasteiger partial charge in [0.15, 0.2) is 9.84 Å². The number of aromatic nitrogens is 1. The maximum Gasteiger partial charge on any atom is 0.573 e. The van der Waals surface area contributed by atoms with Crippen LogP contribution in [0.4, 0.5) is 17.6 Å². The molecule has 0 bridgehead atoms. The van der Waals surface area contributed by atoms with Crippen molar-refractivity contribution < 1.29 is 30.7 Å². The molecule has 0 atom stereocenters. The molecule has 0 aliphatic rings. The quantitative estimate of drug-likeness (QED) is 0.542. The third-order valence-corrected chi connectivity index (χ3v) is 5.31. The second kappa shape index (κ2) is 7.47. The Balaban J connectivity index is 2.07. The minimum atomic E-state index is -4.80. The van der Waals surface area contributed by atoms with Gasteiger partial charge in [0.05, 0.1) is 0 Å². The third kappa shape index (κ3) is 4.73. The number of nitrogens with zero attached hydrogens (tertiary/aromatic N) is 1. The first-order valence-electron chi connectivity index (χ1n) is 8.26. The average molecular weight is 425 g/mol. The van der Waals surface area contributed by atoms with Crippen molar-refractivity contribution in [3.8, 4) is 28.0 Å². The second-order valence-corrected chi connectivity index (χ2v) is 8.35. The molecule has 3 rings (SSSR count). The largest absolute Gasteiger partial charge is 0.573 e. The van der Waals surface area contributed by atoms with E-state index in [0.717, 1.165) is 12.3 Å². The van der Waals surface area contributed by atoms with Gasteiger partial charge in [-0.3, -0.25) is 4.98 Å². The van der Waals surface area contributed by atoms with Crippen LogP contribution in [0.5, 0.6) is 5.75 Å². The summed E-state index contributed by atoms with van der Waals surface area (Å²) in [6.07, 6.45) is -0.921. The molecule has 0 saturated heterocycles. The maximum atomic E-state index is 14.3. The van der Waals surface area contributed by atoms with Gasteiger partial charge in [-0.2, -0.15) is 0 Å². The molecular formula is C20H15F4NO3S. The van der Waals surface area contributed by atoms with Crippen LogP contribution >= 0.6 is 0 Å². The number of halogens is 4. The molecule has 0 N–H and O–H groups in total. The molecule has 2 aromatic carbocycles. The van der Waals surface area contributed by atoms with Crippen LogP contribution in [0.2, 0.25) is 0 Å². The van der Waals surface area contributed by atoms with Gasteiger partial charge in [0, 0.05) is 24.2 Å². The Morgan fingerprint density at radius 1 is 0.966 bits per heavy atom. The highest BCUT2D eigenvalue weighted by Gasteiger charge is 2.31. The summed E-state index contributed by atoms with van der Waals surface area (Å²) in [6.45, 7) is 1.48. The number of rotatable bonds is 4. The molecule has 9 heteroatoms. The normalized spacial score (nSPS) is 12.1. The SMILES string of the molecule is Cc1cc(-c2ccncc2-c2ccc(S(C)(=O)=O)c(F)c2)ccc1OC(F)(F)F. The molecule has 0 saturated carbocycles. The van der Waals surface area contributed by atoms with Crippen LogP contribution in [0, 0.1) is 12.7 Å². The fourth-order valence-electron chi connectivity index (χ4n) is 2.90. The molecule has 0 unspecified atom stereocenters. The van der Waals surface area contributed by atoms with E-state index in [2.05, 4.69) is 9.72 Å². The van der Waals surface area contributed by atoms with Crippen molar-refractivity contribution >= 4 is 9.84 Å². The number of aryl methyl sites for hydroxylation is 1. The van der Waals surface area contributed by atoms with Crippen molar-refractivity contribution in [2.75, 3.05) is 6.26 Å². The first-order chi connectivity index (χ1) is 13.5. The Hall–Kier alpha value is -2.94. The Morgan fingerprint density at radius 2 is 1.62 bits per heavy atom. The van der Waals surface area contributed by atoms with Crippen molar-refractivity contribution in [1.29, 1.82) is 0 Å². The topological polar surface area (TPSA) is 56.3 Å². The Morgan fingerprint density at radius 3 is 2.21 bits per heavy atom. The van der Waals surface area contributed by atoms with Crippen molar-refractivity contribution in [3.63, 3.8) is 0 Å². The van der Waals surface area contributed by atoms with Gasteiger partial charge in [-0.05, 0) is 59.5 Å². The third-order valence-electron chi connectivity index (χ3n) is 4.18. The van der Waals surface area contributed by atoms with E-state index in [1.165, 1.54) is 49.6 Å². The van der Waals surface area contributed by atoms with E-state index in [-0.39, 0.29) is 11.3 Å². The fourth-order valence-corrected chi connectivity index (χ4v) is 3.63. The van der Waals surface area contributed by atoms with Crippen LogP contribution in [-0.2, 0) is 9.84 Å². The molecule has 0 aliphatic carbocycles. The fraction of sp³-hybridized carbons (Fsp3) is 0.150. The predicted octanol–water partition coefficient (Wildman–Crippen LogP) is 5.17. The van der Waals surface area contributed by atoms with E-state index in [4.69, 9.17) is 0 Å². The van der Waals surface area contributed by atoms with Crippen LogP contribution in [0.15, 0.2) is 59.8 Å². The number of ether oxygens (including phenoxy) is 1. The van der Waals surface area contributed by atoms with Crippen LogP contribution in [0.3, 0.4) is 0 Å². The number of hydrogen-bond donors (Lipinski definition) is 0. The highest BCUT2D eigenvalue weighted by Crippen LogP contribution is 2.35. The summed E-state index contributed by atoms with van der Waals surface area (Å²) in [6, 6.07) is 9.52. The van der Waals surface area contributed by atoms with Gasteiger partial charge in [0.25, 0.3) is 0 Å². The minimum Gasteiger partial charge on any atom is -0.406 e. The highest BCUT2D eigenvalue weighted by molar-refractivity contribution is 7.90. The molecule has 29 heavy (non-hydrogen) atoms. The lowest BCUT2D eigenvalue weighted by molar-refractivity contribution is -0.274. The van der Waals surface area contributed by atoms with Crippen LogP contribution < -0.4 is 4.74 Å². The zero-order chi connectivity index (χ0) is 21.4. The summed E-state index contributed by atoms with van der Waals surface area (Å²) >= 11 is 0. The first-order valence-corrected chi connectivity index (χ1v) is 10.2. The average Bonchev–Trinajstić information content (AvgIpc) is 2.61. The summed E-state index contributed by atoms with van der Waals surface area (Å²) in [5, 5.41) is 0. The van der Waals surface area contributed by atoms with E-state index in [0.29, 0.717) is 22.3 Å². The molecule has 0 fully saturated rings. The number of pyridine rings is 1. The Bertz CT molecular complexity index is 1170. The lowest BCUT2D eigenvalue weighted by atomic mass is 9.95. The minimum absolute atomic E-state index is 0.265. The number of sulfone groups is 1. The maximum absolute atomic E-state index is 14.3. The monoisotopic (exact) mass is 425 g/mol. The van der Waals surface area contributed by atoms with E-state index in [1.54, 1.807) is 6.07 Å². The molecule has 0 amide bonds. The molecular weight excluding hydrogens is 410 g/mol. The standard InChI is InChI=1S/C20H15F4NO3S/c1-12-9-13(3-5-18(12)28-20(22,23)24)15-7-8-25-11-16(15)14-4-6-19(17(21)10-14)29(2,26)27/h3-11H,1-2H3. The second-order valence-electron chi connectivity index (χ2n) is 6.37. The highest BCUT2D eigenvalue weighted by atomic mass is 32.2. The summed E-state index contributed by atoms with van der Waals surface area (Å²) in [5.74, 6) is -1.22. The van der Waals surface area contributed by atoms with Gasteiger partial charge >= 0.3 is 6.36 Å². The molecule has 152 valence electrons. The van der Waals surface area contributed by atoms with Gasteiger partial charge < -0.3 is 4.74 Å². The van der Waals surface area contributed by atoms with Crippen molar-refractivity contribution in [2.45, 2.75) is 18.2 Å². The lowest BCUT2D eigenvalue weighted by Gasteiger charge is -2.14.